The molecule has 0 spiro atoms. The summed E-state index contributed by atoms with van der Waals surface area (Å²) in [5.41, 5.74) is 6.82. The maximum absolute atomic E-state index is 14.4. The zero-order valence-corrected chi connectivity index (χ0v) is 19.0. The fourth-order valence-electron chi connectivity index (χ4n) is 4.97. The number of carbonyl (C=O) groups excluding carboxylic acids is 1. The summed E-state index contributed by atoms with van der Waals surface area (Å²) in [6.07, 6.45) is 4.81. The van der Waals surface area contributed by atoms with Crippen molar-refractivity contribution in [2.75, 3.05) is 7.11 Å². The van der Waals surface area contributed by atoms with E-state index in [2.05, 4.69) is 16.9 Å². The Balaban J connectivity index is 1.62. The van der Waals surface area contributed by atoms with Crippen molar-refractivity contribution < 1.29 is 22.7 Å². The molecule has 34 heavy (non-hydrogen) atoms. The van der Waals surface area contributed by atoms with Gasteiger partial charge >= 0.3 is 0 Å². The van der Waals surface area contributed by atoms with E-state index in [9.17, 15) is 18.0 Å². The highest BCUT2D eigenvalue weighted by molar-refractivity contribution is 5.96. The average Bonchev–Trinajstić information content (AvgIpc) is 2.80. The predicted octanol–water partition coefficient (Wildman–Crippen LogP) is 4.84. The van der Waals surface area contributed by atoms with Crippen LogP contribution in [0.4, 0.5) is 13.2 Å². The number of ether oxygens (including phenoxy) is 1. The lowest BCUT2D eigenvalue weighted by atomic mass is 9.73. The normalized spacial score (nSPS) is 22.5. The maximum Gasteiger partial charge on any atom is 0.185 e. The Kier molecular flexibility index (Phi) is 7.09. The van der Waals surface area contributed by atoms with Crippen molar-refractivity contribution in [1.82, 2.24) is 9.97 Å². The topological polar surface area (TPSA) is 78.1 Å². The summed E-state index contributed by atoms with van der Waals surface area (Å²) in [5.74, 6) is -2.86. The number of Topliss-reactive ketones (excluding diaryl/α,β-unsaturated/α-hetero) is 1. The van der Waals surface area contributed by atoms with Crippen molar-refractivity contribution >= 4 is 5.78 Å². The Morgan fingerprint density at radius 3 is 2.50 bits per heavy atom. The monoisotopic (exact) mass is 469 g/mol. The van der Waals surface area contributed by atoms with Crippen molar-refractivity contribution in [3.63, 3.8) is 0 Å². The number of methoxy groups -OCH3 is 1. The quantitative estimate of drug-likeness (QED) is 0.523. The largest absolute Gasteiger partial charge is 0.380 e. The number of ketones is 1. The summed E-state index contributed by atoms with van der Waals surface area (Å²) in [4.78, 5) is 21.3. The lowest BCUT2D eigenvalue weighted by Gasteiger charge is -2.38. The van der Waals surface area contributed by atoms with E-state index in [1.807, 2.05) is 6.07 Å². The highest BCUT2D eigenvalue weighted by atomic mass is 19.1. The number of carbonyl (C=O) groups is 1. The molecule has 0 radical (unpaired) electrons. The van der Waals surface area contributed by atoms with Crippen LogP contribution in [0.15, 0.2) is 48.8 Å². The molecule has 1 aliphatic carbocycles. The number of hydrogen-bond donors (Lipinski definition) is 1. The molecule has 4 atom stereocenters. The van der Waals surface area contributed by atoms with Gasteiger partial charge in [-0.25, -0.2) is 18.2 Å². The molecule has 0 amide bonds. The summed E-state index contributed by atoms with van der Waals surface area (Å²) in [5, 5.41) is 0. The number of hydrogen-bond acceptors (Lipinski definition) is 5. The second kappa shape index (κ2) is 10.0. The zero-order valence-electron chi connectivity index (χ0n) is 19.0. The highest BCUT2D eigenvalue weighted by Crippen LogP contribution is 2.38. The van der Waals surface area contributed by atoms with Gasteiger partial charge in [-0.05, 0) is 66.1 Å². The summed E-state index contributed by atoms with van der Waals surface area (Å²) in [6.45, 7) is 2.10. The van der Waals surface area contributed by atoms with Crippen molar-refractivity contribution in [2.24, 2.45) is 11.7 Å². The van der Waals surface area contributed by atoms with Crippen LogP contribution in [0.25, 0.3) is 11.3 Å². The Labute approximate surface area is 196 Å². The molecule has 1 saturated carbocycles. The summed E-state index contributed by atoms with van der Waals surface area (Å²) in [6, 6.07) is 7.18. The van der Waals surface area contributed by atoms with Crippen molar-refractivity contribution in [3.05, 3.63) is 83.1 Å². The first kappa shape index (κ1) is 24.0. The number of pyridine rings is 2. The molecule has 0 aliphatic heterocycles. The first-order valence-electron chi connectivity index (χ1n) is 11.2. The zero-order chi connectivity index (χ0) is 24.4. The van der Waals surface area contributed by atoms with E-state index in [4.69, 9.17) is 10.5 Å². The number of nitrogens with zero attached hydrogens (tertiary/aromatic N) is 2. The van der Waals surface area contributed by atoms with Crippen LogP contribution in [0.1, 0.15) is 47.3 Å². The van der Waals surface area contributed by atoms with Gasteiger partial charge in [0.05, 0.1) is 11.7 Å². The Bertz CT molecular complexity index is 1170. The SMILES string of the molecule is CO[C@H]1[C@H](C)C[C@H](c2ccncc2CC(=O)c2ccc(F)c(-c3c(F)cccc3F)n2)C[C@@H]1N. The van der Waals surface area contributed by atoms with E-state index >= 15 is 0 Å². The molecule has 8 heteroatoms. The van der Waals surface area contributed by atoms with Crippen molar-refractivity contribution in [3.8, 4) is 11.3 Å². The molecule has 2 aromatic heterocycles. The van der Waals surface area contributed by atoms with Gasteiger partial charge in [0.1, 0.15) is 28.8 Å². The minimum atomic E-state index is -0.956. The minimum absolute atomic E-state index is 0.0243. The van der Waals surface area contributed by atoms with Gasteiger partial charge in [0, 0.05) is 32.0 Å². The Morgan fingerprint density at radius 2 is 1.82 bits per heavy atom. The molecule has 5 nitrogen and oxygen atoms in total. The number of rotatable bonds is 6. The minimum Gasteiger partial charge on any atom is -0.380 e. The van der Waals surface area contributed by atoms with Gasteiger partial charge in [0.15, 0.2) is 5.78 Å². The molecule has 0 saturated heterocycles. The van der Waals surface area contributed by atoms with Gasteiger partial charge in [-0.15, -0.1) is 0 Å². The maximum atomic E-state index is 14.4. The Morgan fingerprint density at radius 1 is 1.09 bits per heavy atom. The van der Waals surface area contributed by atoms with E-state index in [1.165, 1.54) is 12.1 Å². The lowest BCUT2D eigenvalue weighted by molar-refractivity contribution is 0.00970. The van der Waals surface area contributed by atoms with Crippen LogP contribution in [0.3, 0.4) is 0 Å². The second-order valence-electron chi connectivity index (χ2n) is 8.81. The molecule has 2 N–H and O–H groups in total. The molecule has 0 bridgehead atoms. The van der Waals surface area contributed by atoms with Crippen LogP contribution in [0.2, 0.25) is 0 Å². The average molecular weight is 470 g/mol. The van der Waals surface area contributed by atoms with Gasteiger partial charge in [0.25, 0.3) is 0 Å². The number of benzene rings is 1. The van der Waals surface area contributed by atoms with Crippen LogP contribution in [-0.4, -0.2) is 35.0 Å². The molecule has 1 fully saturated rings. The molecular weight excluding hydrogens is 443 g/mol. The number of nitrogens with two attached hydrogens (primary N) is 1. The first-order chi connectivity index (χ1) is 16.3. The molecular formula is C26H26F3N3O2. The van der Waals surface area contributed by atoms with Crippen molar-refractivity contribution in [1.29, 1.82) is 0 Å². The third-order valence-electron chi connectivity index (χ3n) is 6.53. The molecule has 4 rings (SSSR count). The van der Waals surface area contributed by atoms with E-state index in [0.717, 1.165) is 35.7 Å². The summed E-state index contributed by atoms with van der Waals surface area (Å²) >= 11 is 0. The van der Waals surface area contributed by atoms with Crippen LogP contribution in [0.5, 0.6) is 0 Å². The molecule has 178 valence electrons. The van der Waals surface area contributed by atoms with E-state index in [-0.39, 0.29) is 36.1 Å². The van der Waals surface area contributed by atoms with Crippen LogP contribution in [-0.2, 0) is 11.2 Å². The Hall–Kier alpha value is -3.10. The third kappa shape index (κ3) is 4.74. The smallest absolute Gasteiger partial charge is 0.185 e. The van der Waals surface area contributed by atoms with Crippen LogP contribution in [0, 0.1) is 23.4 Å². The summed E-state index contributed by atoms with van der Waals surface area (Å²) in [7, 11) is 1.66. The van der Waals surface area contributed by atoms with Gasteiger partial charge < -0.3 is 10.5 Å². The fraction of sp³-hybridized carbons (Fsp3) is 0.346. The van der Waals surface area contributed by atoms with Crippen LogP contribution < -0.4 is 5.73 Å². The van der Waals surface area contributed by atoms with Gasteiger partial charge in [-0.3, -0.25) is 9.78 Å². The van der Waals surface area contributed by atoms with Gasteiger partial charge in [-0.2, -0.15) is 0 Å². The van der Waals surface area contributed by atoms with E-state index in [0.29, 0.717) is 6.42 Å². The predicted molar refractivity (Wildman–Crippen MR) is 122 cm³/mol. The molecule has 0 unspecified atom stereocenters. The number of aromatic nitrogens is 2. The summed E-state index contributed by atoms with van der Waals surface area (Å²) < 4.78 is 48.4. The molecule has 3 aromatic rings. The second-order valence-corrected chi connectivity index (χ2v) is 8.81. The van der Waals surface area contributed by atoms with Crippen LogP contribution >= 0.6 is 0 Å². The first-order valence-corrected chi connectivity index (χ1v) is 11.2. The molecule has 2 heterocycles. The van der Waals surface area contributed by atoms with E-state index in [1.54, 1.807) is 19.5 Å². The molecule has 1 aliphatic rings. The van der Waals surface area contributed by atoms with Gasteiger partial charge in [0.2, 0.25) is 0 Å². The third-order valence-corrected chi connectivity index (χ3v) is 6.53. The fourth-order valence-corrected chi connectivity index (χ4v) is 4.97. The van der Waals surface area contributed by atoms with Gasteiger partial charge in [-0.1, -0.05) is 13.0 Å². The lowest BCUT2D eigenvalue weighted by Crippen LogP contribution is -2.45. The van der Waals surface area contributed by atoms with E-state index < -0.39 is 34.5 Å². The molecule has 1 aromatic carbocycles. The van der Waals surface area contributed by atoms with Crippen molar-refractivity contribution in [2.45, 2.75) is 44.2 Å². The number of halogens is 3. The standard InChI is InChI=1S/C26H26F3N3O2/c1-14-10-15(11-21(30)26(14)34-2)17-8-9-31-13-16(17)12-23(33)22-7-6-20(29)25(32-22)24-18(27)4-3-5-19(24)28/h3-9,13-15,21,26H,10-12,30H2,1-2H3/t14-,15+,21+,26+/m1/s1. The highest BCUT2D eigenvalue weighted by Gasteiger charge is 2.35.